The molecule has 0 aromatic heterocycles. The highest BCUT2D eigenvalue weighted by Crippen LogP contribution is 2.31. The smallest absolute Gasteiger partial charge is 0.147 e. The molecule has 0 bridgehead atoms. The predicted molar refractivity (Wildman–Crippen MR) is 103 cm³/mol. The highest BCUT2D eigenvalue weighted by atomic mass is 16.1. The van der Waals surface area contributed by atoms with Crippen LogP contribution in [0.25, 0.3) is 0 Å². The lowest BCUT2D eigenvalue weighted by Crippen LogP contribution is -2.17. The van der Waals surface area contributed by atoms with Crippen molar-refractivity contribution in [2.45, 2.75) is 25.7 Å². The first-order valence-corrected chi connectivity index (χ1v) is 8.07. The standard InChI is InChI=1S/C19H26N4O/c1-11(13-5-7-17(22-3)15(20)9-13)19(24)12(2)14-6-8-18(23-4)16(21)10-14/h5-12,22-23H,20-21H2,1-4H3. The lowest BCUT2D eigenvalue weighted by Gasteiger charge is -2.19. The number of hydrogen-bond donors (Lipinski definition) is 4. The van der Waals surface area contributed by atoms with Gasteiger partial charge in [0, 0.05) is 25.9 Å². The number of anilines is 4. The van der Waals surface area contributed by atoms with E-state index in [1.165, 1.54) is 0 Å². The van der Waals surface area contributed by atoms with E-state index in [1.807, 2.05) is 64.3 Å². The van der Waals surface area contributed by atoms with Crippen molar-refractivity contribution in [2.75, 3.05) is 36.2 Å². The van der Waals surface area contributed by atoms with Gasteiger partial charge in [-0.15, -0.1) is 0 Å². The lowest BCUT2D eigenvalue weighted by molar-refractivity contribution is -0.121. The molecule has 128 valence electrons. The van der Waals surface area contributed by atoms with Gasteiger partial charge < -0.3 is 22.1 Å². The maximum atomic E-state index is 12.9. The third-order valence-electron chi connectivity index (χ3n) is 4.54. The van der Waals surface area contributed by atoms with Crippen LogP contribution in [-0.4, -0.2) is 19.9 Å². The Morgan fingerprint density at radius 3 is 1.50 bits per heavy atom. The van der Waals surface area contributed by atoms with Crippen LogP contribution in [0.5, 0.6) is 0 Å². The Labute approximate surface area is 143 Å². The largest absolute Gasteiger partial charge is 0.397 e. The molecule has 5 heteroatoms. The first-order chi connectivity index (χ1) is 11.4. The number of hydrogen-bond acceptors (Lipinski definition) is 5. The quantitative estimate of drug-likeness (QED) is 0.610. The van der Waals surface area contributed by atoms with Crippen LogP contribution in [0.15, 0.2) is 36.4 Å². The number of Topliss-reactive ketones (excluding diaryl/α,β-unsaturated/α-hetero) is 1. The minimum atomic E-state index is -0.238. The van der Waals surface area contributed by atoms with Crippen molar-refractivity contribution in [1.82, 2.24) is 0 Å². The molecule has 5 nitrogen and oxygen atoms in total. The highest BCUT2D eigenvalue weighted by molar-refractivity contribution is 5.92. The second-order valence-corrected chi connectivity index (χ2v) is 6.04. The van der Waals surface area contributed by atoms with Gasteiger partial charge in [0.2, 0.25) is 0 Å². The number of carbonyl (C=O) groups is 1. The van der Waals surface area contributed by atoms with E-state index in [2.05, 4.69) is 10.6 Å². The van der Waals surface area contributed by atoms with Crippen LogP contribution in [0.2, 0.25) is 0 Å². The summed E-state index contributed by atoms with van der Waals surface area (Å²) in [6.45, 7) is 3.83. The monoisotopic (exact) mass is 326 g/mol. The van der Waals surface area contributed by atoms with Crippen LogP contribution in [0.3, 0.4) is 0 Å². The zero-order valence-corrected chi connectivity index (χ0v) is 14.7. The van der Waals surface area contributed by atoms with Crippen LogP contribution in [-0.2, 0) is 4.79 Å². The van der Waals surface area contributed by atoms with Gasteiger partial charge in [-0.25, -0.2) is 0 Å². The van der Waals surface area contributed by atoms with Crippen molar-refractivity contribution < 1.29 is 4.79 Å². The average Bonchev–Trinajstić information content (AvgIpc) is 2.59. The topological polar surface area (TPSA) is 93.2 Å². The van der Waals surface area contributed by atoms with Gasteiger partial charge in [0.05, 0.1) is 22.7 Å². The van der Waals surface area contributed by atoms with Crippen molar-refractivity contribution >= 4 is 28.5 Å². The lowest BCUT2D eigenvalue weighted by atomic mass is 9.85. The molecule has 0 saturated carbocycles. The fraction of sp³-hybridized carbons (Fsp3) is 0.316. The average molecular weight is 326 g/mol. The molecule has 2 aromatic rings. The van der Waals surface area contributed by atoms with E-state index in [0.29, 0.717) is 11.4 Å². The van der Waals surface area contributed by atoms with Crippen LogP contribution in [0.4, 0.5) is 22.7 Å². The van der Waals surface area contributed by atoms with Crippen molar-refractivity contribution in [2.24, 2.45) is 0 Å². The van der Waals surface area contributed by atoms with Crippen molar-refractivity contribution in [3.05, 3.63) is 47.5 Å². The van der Waals surface area contributed by atoms with E-state index >= 15 is 0 Å². The SMILES string of the molecule is CNc1ccc(C(C)C(=O)C(C)c2ccc(NC)c(N)c2)cc1N. The van der Waals surface area contributed by atoms with Crippen LogP contribution in [0.1, 0.15) is 36.8 Å². The summed E-state index contributed by atoms with van der Waals surface area (Å²) in [6, 6.07) is 11.4. The Bertz CT molecular complexity index is 681. The van der Waals surface area contributed by atoms with E-state index in [4.69, 9.17) is 11.5 Å². The first kappa shape index (κ1) is 17.7. The van der Waals surface area contributed by atoms with Crippen molar-refractivity contribution in [3.8, 4) is 0 Å². The molecule has 0 saturated heterocycles. The van der Waals surface area contributed by atoms with Crippen molar-refractivity contribution in [1.29, 1.82) is 0 Å². The number of carbonyl (C=O) groups excluding carboxylic acids is 1. The normalized spacial score (nSPS) is 13.2. The van der Waals surface area contributed by atoms with E-state index in [9.17, 15) is 4.79 Å². The zero-order chi connectivity index (χ0) is 17.9. The zero-order valence-electron chi connectivity index (χ0n) is 14.7. The number of nitrogens with two attached hydrogens (primary N) is 2. The Kier molecular flexibility index (Phi) is 5.34. The van der Waals surface area contributed by atoms with Gasteiger partial charge in [0.15, 0.2) is 0 Å². The fourth-order valence-electron chi connectivity index (χ4n) is 2.86. The molecule has 6 N–H and O–H groups in total. The predicted octanol–water partition coefficient (Wildman–Crippen LogP) is 3.41. The molecule has 0 fully saturated rings. The fourth-order valence-corrected chi connectivity index (χ4v) is 2.86. The number of nitrogens with one attached hydrogen (secondary N) is 2. The van der Waals surface area contributed by atoms with Crippen LogP contribution in [0, 0.1) is 0 Å². The minimum absolute atomic E-state index is 0.142. The summed E-state index contributed by atoms with van der Waals surface area (Å²) < 4.78 is 0. The van der Waals surface area contributed by atoms with Crippen molar-refractivity contribution in [3.63, 3.8) is 0 Å². The third kappa shape index (κ3) is 3.45. The van der Waals surface area contributed by atoms with E-state index in [1.54, 1.807) is 0 Å². The molecule has 0 spiro atoms. The molecule has 0 aliphatic rings. The summed E-state index contributed by atoms with van der Waals surface area (Å²) in [5, 5.41) is 6.05. The second-order valence-electron chi connectivity index (χ2n) is 6.04. The summed E-state index contributed by atoms with van der Waals surface area (Å²) in [5.41, 5.74) is 16.9. The summed E-state index contributed by atoms with van der Waals surface area (Å²) in [4.78, 5) is 12.9. The number of ketones is 1. The molecular formula is C19H26N4O. The number of nitrogen functional groups attached to an aromatic ring is 2. The van der Waals surface area contributed by atoms with E-state index < -0.39 is 0 Å². The summed E-state index contributed by atoms with van der Waals surface area (Å²) in [7, 11) is 3.64. The molecular weight excluding hydrogens is 300 g/mol. The molecule has 2 rings (SSSR count). The minimum Gasteiger partial charge on any atom is -0.397 e. The van der Waals surface area contributed by atoms with Gasteiger partial charge in [-0.1, -0.05) is 26.0 Å². The molecule has 2 atom stereocenters. The molecule has 0 amide bonds. The highest BCUT2D eigenvalue weighted by Gasteiger charge is 2.23. The molecule has 0 aliphatic carbocycles. The Morgan fingerprint density at radius 1 is 0.833 bits per heavy atom. The van der Waals surface area contributed by atoms with E-state index in [0.717, 1.165) is 22.5 Å². The number of benzene rings is 2. The Balaban J connectivity index is 2.23. The Morgan fingerprint density at radius 2 is 1.21 bits per heavy atom. The summed E-state index contributed by atoms with van der Waals surface area (Å²) in [6.07, 6.45) is 0. The van der Waals surface area contributed by atoms with Gasteiger partial charge in [-0.3, -0.25) is 4.79 Å². The molecule has 0 aliphatic heterocycles. The van der Waals surface area contributed by atoms with E-state index in [-0.39, 0.29) is 17.6 Å². The first-order valence-electron chi connectivity index (χ1n) is 8.07. The van der Waals surface area contributed by atoms with Gasteiger partial charge in [0.1, 0.15) is 5.78 Å². The molecule has 0 heterocycles. The van der Waals surface area contributed by atoms with Crippen LogP contribution < -0.4 is 22.1 Å². The van der Waals surface area contributed by atoms with Gasteiger partial charge in [-0.05, 0) is 35.4 Å². The molecule has 24 heavy (non-hydrogen) atoms. The Hall–Kier alpha value is -2.69. The molecule has 2 unspecified atom stereocenters. The molecule has 0 radical (unpaired) electrons. The maximum absolute atomic E-state index is 12.9. The molecule has 2 aromatic carbocycles. The summed E-state index contributed by atoms with van der Waals surface area (Å²) in [5.74, 6) is -0.333. The van der Waals surface area contributed by atoms with Gasteiger partial charge >= 0.3 is 0 Å². The maximum Gasteiger partial charge on any atom is 0.147 e. The second kappa shape index (κ2) is 7.25. The van der Waals surface area contributed by atoms with Gasteiger partial charge in [-0.2, -0.15) is 0 Å². The third-order valence-corrected chi connectivity index (χ3v) is 4.54. The number of rotatable bonds is 6. The van der Waals surface area contributed by atoms with Gasteiger partial charge in [0.25, 0.3) is 0 Å². The van der Waals surface area contributed by atoms with Crippen LogP contribution >= 0.6 is 0 Å². The summed E-state index contributed by atoms with van der Waals surface area (Å²) >= 11 is 0.